The Bertz CT molecular complexity index is 1360. The molecule has 1 heterocycles. The zero-order chi connectivity index (χ0) is 54.1. The number of esters is 1. The van der Waals surface area contributed by atoms with Crippen molar-refractivity contribution >= 4 is 36.3 Å². The minimum atomic E-state index is -0.425. The number of hydrogen-bond donors (Lipinski definition) is 2. The first kappa shape index (κ1) is 69.8. The van der Waals surface area contributed by atoms with Gasteiger partial charge in [0.05, 0.1) is 11.5 Å². The Morgan fingerprint density at radius 3 is 1.48 bits per heavy atom. The molecule has 1 N–H and O–H groups in total. The van der Waals surface area contributed by atoms with Gasteiger partial charge < -0.3 is 19.5 Å². The topological polar surface area (TPSA) is 73.9 Å². The molecule has 2 rings (SSSR count). The van der Waals surface area contributed by atoms with Gasteiger partial charge in [-0.2, -0.15) is 24.4 Å². The van der Waals surface area contributed by atoms with E-state index in [1.165, 1.54) is 236 Å². The molecule has 4 unspecified atom stereocenters. The van der Waals surface area contributed by atoms with Gasteiger partial charge in [0.1, 0.15) is 13.2 Å². The predicted octanol–water partition coefficient (Wildman–Crippen LogP) is 21.1. The van der Waals surface area contributed by atoms with Crippen LogP contribution in [0.1, 0.15) is 329 Å². The molecule has 2 aliphatic rings. The quantitative estimate of drug-likeness (QED) is 0.0274. The van der Waals surface area contributed by atoms with E-state index < -0.39 is 6.10 Å². The molecule has 440 valence electrons. The number of hydrogen-bond acceptors (Lipinski definition) is 7. The van der Waals surface area contributed by atoms with E-state index >= 15 is 0 Å². The molecule has 1 aliphatic carbocycles. The molecule has 0 aromatic heterocycles. The van der Waals surface area contributed by atoms with E-state index in [-0.39, 0.29) is 11.9 Å². The van der Waals surface area contributed by atoms with Crippen molar-refractivity contribution in [3.05, 3.63) is 23.7 Å². The van der Waals surface area contributed by atoms with E-state index in [4.69, 9.17) is 14.2 Å². The number of amides is 1. The van der Waals surface area contributed by atoms with Crippen LogP contribution in [0.4, 0.5) is 0 Å². The predicted molar refractivity (Wildman–Crippen MR) is 331 cm³/mol. The second kappa shape index (κ2) is 50.9. The number of carbonyl (C=O) groups is 2. The average Bonchev–Trinajstić information content (AvgIpc) is 4.17. The van der Waals surface area contributed by atoms with Crippen LogP contribution in [0.25, 0.3) is 0 Å². The molecule has 1 saturated carbocycles. The van der Waals surface area contributed by atoms with Crippen molar-refractivity contribution < 1.29 is 23.8 Å². The molecule has 0 aromatic carbocycles. The van der Waals surface area contributed by atoms with E-state index in [1.54, 1.807) is 0 Å². The number of thioether (sulfide) groups is 1. The molecule has 1 saturated heterocycles. The van der Waals surface area contributed by atoms with Crippen molar-refractivity contribution in [1.29, 1.82) is 0 Å². The molecule has 0 aromatic rings. The highest BCUT2D eigenvalue weighted by molar-refractivity contribution is 8.00. The molecule has 0 bridgehead atoms. The third kappa shape index (κ3) is 41.4. The number of ether oxygens (including phenoxy) is 3. The van der Waals surface area contributed by atoms with Gasteiger partial charge in [0, 0.05) is 37.5 Å². The fourth-order valence-electron chi connectivity index (χ4n) is 11.5. The maximum absolute atomic E-state index is 13.2. The number of rotatable bonds is 57. The lowest BCUT2D eigenvalue weighted by atomic mass is 9.80. The van der Waals surface area contributed by atoms with Crippen molar-refractivity contribution in [1.82, 2.24) is 5.32 Å². The molecule has 0 spiro atoms. The minimum Gasteiger partial charge on any atom is -0.495 e. The number of allylic oxidation sites excluding steroid dienone is 3. The Labute approximate surface area is 476 Å². The lowest BCUT2D eigenvalue weighted by molar-refractivity contribution is -0.154. The van der Waals surface area contributed by atoms with Crippen LogP contribution >= 0.6 is 24.4 Å². The lowest BCUT2D eigenvalue weighted by Gasteiger charge is -2.25. The van der Waals surface area contributed by atoms with Gasteiger partial charge >= 0.3 is 5.97 Å². The van der Waals surface area contributed by atoms with Crippen LogP contribution in [0.5, 0.6) is 0 Å². The highest BCUT2D eigenvalue weighted by Gasteiger charge is 2.36. The van der Waals surface area contributed by atoms with Crippen LogP contribution in [0.3, 0.4) is 0 Å². The Morgan fingerprint density at radius 1 is 0.560 bits per heavy atom. The number of unbranched alkanes of at least 4 members (excludes halogenated alkanes) is 35. The molecular weight excluding hydrogens is 963 g/mol. The first-order valence-corrected chi connectivity index (χ1v) is 34.8. The minimum absolute atomic E-state index is 0.124. The standard InChI is InChI=1S/C67H125NO5S2/c1-6-8-9-10-11-12-13-14-15-17-20-24-29-34-39-46-59(5)71-55-61(73-67(70)50-41-36-31-26-21-18-16-19-22-28-33-38-45-54-74)56-72-64(60-51-52-60)47-40-35-30-25-23-27-32-37-44-53-68-66(69)49-43-42-48-65-62(7-2)63(57-75-65)58(3)4/h58,61-63,65,74H,5-57H2,1-4H3,(H,68,69). The van der Waals surface area contributed by atoms with Crippen molar-refractivity contribution in [2.75, 3.05) is 31.3 Å². The van der Waals surface area contributed by atoms with Crippen LogP contribution in [-0.2, 0) is 23.8 Å². The molecule has 0 radical (unpaired) electrons. The Hall–Kier alpha value is -1.28. The van der Waals surface area contributed by atoms with Gasteiger partial charge in [-0.25, -0.2) is 0 Å². The number of nitrogens with one attached hydrogen (secondary N) is 1. The van der Waals surface area contributed by atoms with E-state index in [0.717, 1.165) is 111 Å². The van der Waals surface area contributed by atoms with E-state index in [1.807, 2.05) is 0 Å². The van der Waals surface area contributed by atoms with Crippen LogP contribution in [0.15, 0.2) is 23.7 Å². The van der Waals surface area contributed by atoms with Crippen LogP contribution in [-0.4, -0.2) is 54.5 Å². The molecule has 8 heteroatoms. The maximum atomic E-state index is 13.2. The highest BCUT2D eigenvalue weighted by Crippen LogP contribution is 2.44. The average molecular weight is 1090 g/mol. The summed E-state index contributed by atoms with van der Waals surface area (Å²) in [6.45, 7) is 15.2. The Morgan fingerprint density at radius 2 is 1.00 bits per heavy atom. The summed E-state index contributed by atoms with van der Waals surface area (Å²) < 4.78 is 18.8. The molecule has 1 amide bonds. The molecule has 6 nitrogen and oxygen atoms in total. The summed E-state index contributed by atoms with van der Waals surface area (Å²) in [6, 6.07) is 0. The smallest absolute Gasteiger partial charge is 0.306 e. The van der Waals surface area contributed by atoms with Gasteiger partial charge in [-0.3, -0.25) is 9.59 Å². The summed E-state index contributed by atoms with van der Waals surface area (Å²) >= 11 is 6.52. The van der Waals surface area contributed by atoms with E-state index in [9.17, 15) is 9.59 Å². The number of thiol groups is 1. The fourth-order valence-corrected chi connectivity index (χ4v) is 13.8. The van der Waals surface area contributed by atoms with Gasteiger partial charge in [0.25, 0.3) is 0 Å². The first-order chi connectivity index (χ1) is 36.8. The summed E-state index contributed by atoms with van der Waals surface area (Å²) in [5, 5.41) is 3.99. The van der Waals surface area contributed by atoms with Crippen LogP contribution in [0, 0.1) is 17.8 Å². The second-order valence-electron chi connectivity index (χ2n) is 23.9. The fraction of sp³-hybridized carbons (Fsp3) is 0.910. The monoisotopic (exact) mass is 1090 g/mol. The summed E-state index contributed by atoms with van der Waals surface area (Å²) in [7, 11) is 0. The van der Waals surface area contributed by atoms with Crippen molar-refractivity contribution in [2.24, 2.45) is 17.8 Å². The zero-order valence-electron chi connectivity index (χ0n) is 50.3. The Kier molecular flexibility index (Phi) is 47.4. The summed E-state index contributed by atoms with van der Waals surface area (Å²) in [4.78, 5) is 25.6. The molecular formula is C67H125NO5S2. The van der Waals surface area contributed by atoms with Crippen LogP contribution in [0.2, 0.25) is 0 Å². The van der Waals surface area contributed by atoms with Gasteiger partial charge in [-0.05, 0) is 92.6 Å². The molecule has 1 aliphatic heterocycles. The largest absolute Gasteiger partial charge is 0.495 e. The van der Waals surface area contributed by atoms with Crippen LogP contribution < -0.4 is 5.32 Å². The maximum Gasteiger partial charge on any atom is 0.306 e. The molecule has 75 heavy (non-hydrogen) atoms. The third-order valence-corrected chi connectivity index (χ3v) is 18.5. The normalized spacial score (nSPS) is 16.7. The van der Waals surface area contributed by atoms with Crippen molar-refractivity contribution in [2.45, 2.75) is 341 Å². The van der Waals surface area contributed by atoms with Crippen molar-refractivity contribution in [3.63, 3.8) is 0 Å². The SMILES string of the molecule is C=C(CCCCCCCCCCCCCCCCC)OCC(COC(CCCCCCCCCCCNC(=O)CCCCC1SCC(C(C)C)C1CC)=C1CC1)OC(=O)CCCCCCCCCCCCCCCS. The summed E-state index contributed by atoms with van der Waals surface area (Å²) in [5.41, 5.74) is 1.44. The van der Waals surface area contributed by atoms with E-state index in [0.29, 0.717) is 26.1 Å². The van der Waals surface area contributed by atoms with Gasteiger partial charge in [-0.1, -0.05) is 253 Å². The zero-order valence-corrected chi connectivity index (χ0v) is 52.0. The summed E-state index contributed by atoms with van der Waals surface area (Å²) in [5.74, 6) is 6.94. The highest BCUT2D eigenvalue weighted by atomic mass is 32.2. The van der Waals surface area contributed by atoms with Gasteiger partial charge in [0.15, 0.2) is 6.10 Å². The lowest BCUT2D eigenvalue weighted by Crippen LogP contribution is -2.28. The second-order valence-corrected chi connectivity index (χ2v) is 25.7. The van der Waals surface area contributed by atoms with Crippen molar-refractivity contribution in [3.8, 4) is 0 Å². The Balaban J connectivity index is 1.59. The third-order valence-electron chi connectivity index (χ3n) is 16.6. The molecule has 2 fully saturated rings. The van der Waals surface area contributed by atoms with Gasteiger partial charge in [0.2, 0.25) is 5.91 Å². The van der Waals surface area contributed by atoms with Gasteiger partial charge in [-0.15, -0.1) is 0 Å². The summed E-state index contributed by atoms with van der Waals surface area (Å²) in [6.07, 6.45) is 57.6. The molecule has 4 atom stereocenters. The van der Waals surface area contributed by atoms with E-state index in [2.05, 4.69) is 64.0 Å². The first-order valence-electron chi connectivity index (χ1n) is 33.1. The number of carbonyl (C=O) groups excluding carboxylic acids is 2.